The molecule has 1 aromatic rings. The molecular formula is C16H22N2O2. The Kier molecular flexibility index (Phi) is 4.12. The van der Waals surface area contributed by atoms with Crippen LogP contribution in [0.5, 0.6) is 0 Å². The number of ketones is 1. The van der Waals surface area contributed by atoms with Crippen LogP contribution in [0.4, 0.5) is 5.69 Å². The predicted molar refractivity (Wildman–Crippen MR) is 80.1 cm³/mol. The molecule has 20 heavy (non-hydrogen) atoms. The third kappa shape index (κ3) is 3.59. The Bertz CT molecular complexity index is 517. The van der Waals surface area contributed by atoms with E-state index < -0.39 is 0 Å². The van der Waals surface area contributed by atoms with Crippen molar-refractivity contribution in [1.82, 2.24) is 5.32 Å². The monoisotopic (exact) mass is 274 g/mol. The highest BCUT2D eigenvalue weighted by atomic mass is 16.2. The first kappa shape index (κ1) is 14.6. The van der Waals surface area contributed by atoms with Crippen molar-refractivity contribution >= 4 is 17.4 Å². The first-order valence-corrected chi connectivity index (χ1v) is 7.05. The lowest BCUT2D eigenvalue weighted by atomic mass is 10.1. The zero-order valence-corrected chi connectivity index (χ0v) is 12.4. The minimum absolute atomic E-state index is 0.0124. The van der Waals surface area contributed by atoms with Crippen molar-refractivity contribution in [3.63, 3.8) is 0 Å². The van der Waals surface area contributed by atoms with Crippen LogP contribution in [0.15, 0.2) is 24.3 Å². The third-order valence-corrected chi connectivity index (χ3v) is 3.23. The molecule has 0 spiro atoms. The van der Waals surface area contributed by atoms with Gasteiger partial charge in [0.2, 0.25) is 5.91 Å². The number of rotatable bonds is 2. The van der Waals surface area contributed by atoms with Crippen LogP contribution >= 0.6 is 0 Å². The van der Waals surface area contributed by atoms with Crippen LogP contribution in [0.3, 0.4) is 0 Å². The molecule has 1 aliphatic rings. The van der Waals surface area contributed by atoms with Gasteiger partial charge in [0.25, 0.3) is 0 Å². The van der Waals surface area contributed by atoms with E-state index in [2.05, 4.69) is 5.32 Å². The highest BCUT2D eigenvalue weighted by molar-refractivity contribution is 6.02. The number of Topliss-reactive ketones (excluding diaryl/α,β-unsaturated/α-hetero) is 1. The maximum atomic E-state index is 12.1. The molecule has 2 rings (SSSR count). The molecule has 0 bridgehead atoms. The van der Waals surface area contributed by atoms with Crippen molar-refractivity contribution < 1.29 is 9.59 Å². The van der Waals surface area contributed by atoms with Gasteiger partial charge < -0.3 is 10.2 Å². The number of carbonyl (C=O) groups excluding carboxylic acids is 2. The van der Waals surface area contributed by atoms with E-state index in [0.29, 0.717) is 13.0 Å². The fourth-order valence-corrected chi connectivity index (χ4v) is 2.47. The summed E-state index contributed by atoms with van der Waals surface area (Å²) in [6.45, 7) is 6.92. The van der Waals surface area contributed by atoms with Gasteiger partial charge in [-0.15, -0.1) is 0 Å². The normalized spacial score (nSPS) is 15.6. The van der Waals surface area contributed by atoms with Crippen molar-refractivity contribution in [3.8, 4) is 0 Å². The zero-order valence-electron chi connectivity index (χ0n) is 12.4. The van der Waals surface area contributed by atoms with Gasteiger partial charge in [0.15, 0.2) is 5.78 Å². The third-order valence-electron chi connectivity index (χ3n) is 3.23. The Morgan fingerprint density at radius 2 is 2.00 bits per heavy atom. The van der Waals surface area contributed by atoms with Crippen LogP contribution in [0, 0.1) is 0 Å². The van der Waals surface area contributed by atoms with Gasteiger partial charge in [-0.05, 0) is 39.3 Å². The lowest BCUT2D eigenvalue weighted by molar-refractivity contribution is -0.121. The summed E-state index contributed by atoms with van der Waals surface area (Å²) >= 11 is 0. The van der Waals surface area contributed by atoms with Gasteiger partial charge in [0.1, 0.15) is 0 Å². The lowest BCUT2D eigenvalue weighted by Gasteiger charge is -2.27. The molecule has 108 valence electrons. The van der Waals surface area contributed by atoms with E-state index in [0.717, 1.165) is 24.2 Å². The van der Waals surface area contributed by atoms with Crippen molar-refractivity contribution in [2.24, 2.45) is 0 Å². The van der Waals surface area contributed by atoms with E-state index in [9.17, 15) is 9.59 Å². The number of amides is 1. The Labute approximate surface area is 120 Å². The van der Waals surface area contributed by atoms with E-state index >= 15 is 0 Å². The number of fused-ring (bicyclic) bond motifs is 1. The van der Waals surface area contributed by atoms with Crippen LogP contribution in [-0.4, -0.2) is 30.3 Å². The molecule has 1 aromatic carbocycles. The second-order valence-corrected chi connectivity index (χ2v) is 6.26. The molecule has 0 radical (unpaired) electrons. The SMILES string of the molecule is CC(C)(C)NC(=O)CN1CCCC(=O)c2ccccc21. The van der Waals surface area contributed by atoms with E-state index in [1.165, 1.54) is 0 Å². The Balaban J connectivity index is 2.18. The van der Waals surface area contributed by atoms with Crippen LogP contribution < -0.4 is 10.2 Å². The van der Waals surface area contributed by atoms with Gasteiger partial charge in [-0.1, -0.05) is 12.1 Å². The minimum atomic E-state index is -0.238. The number of benzene rings is 1. The molecule has 0 saturated carbocycles. The molecule has 1 heterocycles. The molecule has 4 heteroatoms. The molecule has 1 amide bonds. The molecule has 0 aromatic heterocycles. The number of carbonyl (C=O) groups is 2. The van der Waals surface area contributed by atoms with Gasteiger partial charge in [-0.3, -0.25) is 9.59 Å². The summed E-state index contributed by atoms with van der Waals surface area (Å²) in [6.07, 6.45) is 1.34. The topological polar surface area (TPSA) is 49.4 Å². The highest BCUT2D eigenvalue weighted by Crippen LogP contribution is 2.25. The summed E-state index contributed by atoms with van der Waals surface area (Å²) in [6, 6.07) is 7.54. The van der Waals surface area contributed by atoms with E-state index in [1.54, 1.807) is 0 Å². The number of anilines is 1. The number of hydrogen-bond acceptors (Lipinski definition) is 3. The van der Waals surface area contributed by atoms with Crippen molar-refractivity contribution in [2.45, 2.75) is 39.2 Å². The molecule has 1 N–H and O–H groups in total. The van der Waals surface area contributed by atoms with Gasteiger partial charge in [0, 0.05) is 29.8 Å². The molecule has 4 nitrogen and oxygen atoms in total. The van der Waals surface area contributed by atoms with Crippen LogP contribution in [-0.2, 0) is 4.79 Å². The zero-order chi connectivity index (χ0) is 14.8. The average molecular weight is 274 g/mol. The van der Waals surface area contributed by atoms with Gasteiger partial charge in [-0.25, -0.2) is 0 Å². The average Bonchev–Trinajstić information content (AvgIpc) is 2.49. The maximum Gasteiger partial charge on any atom is 0.239 e. The fourth-order valence-electron chi connectivity index (χ4n) is 2.47. The quantitative estimate of drug-likeness (QED) is 0.901. The number of hydrogen-bond donors (Lipinski definition) is 1. The molecule has 0 saturated heterocycles. The minimum Gasteiger partial charge on any atom is -0.362 e. The van der Waals surface area contributed by atoms with Gasteiger partial charge in [0.05, 0.1) is 6.54 Å². The first-order chi connectivity index (χ1) is 9.37. The fraction of sp³-hybridized carbons (Fsp3) is 0.500. The summed E-state index contributed by atoms with van der Waals surface area (Å²) in [5.74, 6) is 0.154. The van der Waals surface area contributed by atoms with Crippen molar-refractivity contribution in [1.29, 1.82) is 0 Å². The van der Waals surface area contributed by atoms with Crippen molar-refractivity contribution in [3.05, 3.63) is 29.8 Å². The molecule has 0 unspecified atom stereocenters. The van der Waals surface area contributed by atoms with E-state index in [4.69, 9.17) is 0 Å². The summed E-state index contributed by atoms with van der Waals surface area (Å²) < 4.78 is 0. The van der Waals surface area contributed by atoms with Crippen LogP contribution in [0.1, 0.15) is 44.0 Å². The van der Waals surface area contributed by atoms with Crippen molar-refractivity contribution in [2.75, 3.05) is 18.0 Å². The van der Waals surface area contributed by atoms with Crippen LogP contribution in [0.25, 0.3) is 0 Å². The predicted octanol–water partition coefficient (Wildman–Crippen LogP) is 2.38. The maximum absolute atomic E-state index is 12.1. The van der Waals surface area contributed by atoms with Crippen LogP contribution in [0.2, 0.25) is 0 Å². The summed E-state index contributed by atoms with van der Waals surface area (Å²) in [4.78, 5) is 26.1. The Morgan fingerprint density at radius 3 is 2.70 bits per heavy atom. The summed E-state index contributed by atoms with van der Waals surface area (Å²) in [5.41, 5.74) is 1.37. The van der Waals surface area contributed by atoms with E-state index in [-0.39, 0.29) is 17.2 Å². The second-order valence-electron chi connectivity index (χ2n) is 6.26. The molecule has 0 fully saturated rings. The number of para-hydroxylation sites is 1. The van der Waals surface area contributed by atoms with Gasteiger partial charge in [-0.2, -0.15) is 0 Å². The lowest BCUT2D eigenvalue weighted by Crippen LogP contribution is -2.46. The molecule has 0 aliphatic carbocycles. The Hall–Kier alpha value is -1.84. The number of nitrogens with zero attached hydrogens (tertiary/aromatic N) is 1. The smallest absolute Gasteiger partial charge is 0.239 e. The summed E-state index contributed by atoms with van der Waals surface area (Å²) in [5, 5.41) is 2.96. The number of nitrogens with one attached hydrogen (secondary N) is 1. The second kappa shape index (κ2) is 5.65. The molecular weight excluding hydrogens is 252 g/mol. The molecule has 1 aliphatic heterocycles. The summed E-state index contributed by atoms with van der Waals surface area (Å²) in [7, 11) is 0. The Morgan fingerprint density at radius 1 is 1.30 bits per heavy atom. The largest absolute Gasteiger partial charge is 0.362 e. The standard InChI is InChI=1S/C16H22N2O2/c1-16(2,3)17-15(20)11-18-10-6-9-14(19)12-7-4-5-8-13(12)18/h4-5,7-8H,6,9-11H2,1-3H3,(H,17,20). The van der Waals surface area contributed by atoms with E-state index in [1.807, 2.05) is 49.9 Å². The molecule has 0 atom stereocenters. The van der Waals surface area contributed by atoms with Gasteiger partial charge >= 0.3 is 0 Å². The first-order valence-electron chi connectivity index (χ1n) is 7.05. The highest BCUT2D eigenvalue weighted by Gasteiger charge is 2.23.